The van der Waals surface area contributed by atoms with Gasteiger partial charge in [-0.3, -0.25) is 9.69 Å². The lowest BCUT2D eigenvalue weighted by Crippen LogP contribution is -2.68. The number of likely N-dealkylation sites (tertiary alicyclic amines) is 1. The summed E-state index contributed by atoms with van der Waals surface area (Å²) in [4.78, 5) is 35.6. The first-order valence-electron chi connectivity index (χ1n) is 13.6. The Bertz CT molecular complexity index is 1100. The molecule has 2 heterocycles. The number of Topliss-reactive ketones (excluding diaryl/α,β-unsaturated/α-hetero) is 1. The third-order valence-electron chi connectivity index (χ3n) is 9.63. The number of rotatable bonds is 7. The van der Waals surface area contributed by atoms with Gasteiger partial charge in [-0.05, 0) is 61.6 Å². The molecule has 2 saturated carbocycles. The van der Waals surface area contributed by atoms with Gasteiger partial charge in [-0.25, -0.2) is 9.59 Å². The van der Waals surface area contributed by atoms with Gasteiger partial charge in [-0.15, -0.1) is 0 Å². The second kappa shape index (κ2) is 10.1. The molecular weight excluding hydrogens is 494 g/mol. The first-order chi connectivity index (χ1) is 18.1. The summed E-state index contributed by atoms with van der Waals surface area (Å²) in [5.74, 6) is 0.373. The summed E-state index contributed by atoms with van der Waals surface area (Å²) < 4.78 is 12.1. The molecule has 0 aromatic heterocycles. The summed E-state index contributed by atoms with van der Waals surface area (Å²) in [6, 6.07) is 4.86. The molecule has 10 heteroatoms. The second-order valence-electron chi connectivity index (χ2n) is 11.4. The maximum Gasteiger partial charge on any atom is 0.335 e. The monoisotopic (exact) mass is 531 g/mol. The highest BCUT2D eigenvalue weighted by atomic mass is 16.5. The zero-order chi connectivity index (χ0) is 27.4. The fourth-order valence-electron chi connectivity index (χ4n) is 7.71. The number of ketones is 1. The lowest BCUT2D eigenvalue weighted by Gasteiger charge is -2.60. The Balaban J connectivity index is 0.000000253. The number of nitrogens with zero attached hydrogens (tertiary/aromatic N) is 1. The standard InChI is InChI=1S/C24H31NO3.C4H6O6/c1-3-15-12-18(26)23-24-9-10-25(13-14-5-4-6-14)17(20(15)24)11-16-7-8-19(27-2)22(28-23)21(16)24;5-1(3(7)8)2(6)4(9)10/h7-8,14-15,17,20,23H,3-6,9-13H2,1-2H3;1-2,5-6H,(H,7,8)(H,9,10)/t15-,17-,20+,23+,24+;/m1./s1. The average Bonchev–Trinajstić information content (AvgIpc) is 3.22. The van der Waals surface area contributed by atoms with Crippen molar-refractivity contribution in [2.24, 2.45) is 17.8 Å². The molecule has 0 radical (unpaired) electrons. The molecule has 38 heavy (non-hydrogen) atoms. The topological polar surface area (TPSA) is 154 Å². The van der Waals surface area contributed by atoms with Crippen LogP contribution in [0.15, 0.2) is 12.1 Å². The van der Waals surface area contributed by atoms with Crippen LogP contribution in [0.4, 0.5) is 0 Å². The number of piperidine rings is 1. The smallest absolute Gasteiger partial charge is 0.335 e. The van der Waals surface area contributed by atoms with E-state index in [-0.39, 0.29) is 11.5 Å². The average molecular weight is 532 g/mol. The lowest BCUT2D eigenvalue weighted by molar-refractivity contribution is -0.165. The van der Waals surface area contributed by atoms with E-state index in [4.69, 9.17) is 29.9 Å². The minimum absolute atomic E-state index is 0.117. The predicted octanol–water partition coefficient (Wildman–Crippen LogP) is 1.62. The highest BCUT2D eigenvalue weighted by Gasteiger charge is 2.68. The van der Waals surface area contributed by atoms with Crippen molar-refractivity contribution in [3.63, 3.8) is 0 Å². The molecule has 3 fully saturated rings. The molecule has 2 unspecified atom stereocenters. The van der Waals surface area contributed by atoms with Crippen molar-refractivity contribution in [2.45, 2.75) is 81.6 Å². The normalized spacial score (nSPS) is 32.6. The highest BCUT2D eigenvalue weighted by Crippen LogP contribution is 2.64. The number of hydrogen-bond acceptors (Lipinski definition) is 8. The SMILES string of the molecule is CC[C@@H]1CC(=O)[C@@H]2Oc3c(OC)ccc4c3[C@@]23CCN(CC2CCC2)[C@H](C4)[C@H]13.O=C(O)C(O)C(O)C(=O)O. The van der Waals surface area contributed by atoms with E-state index >= 15 is 0 Å². The van der Waals surface area contributed by atoms with E-state index in [0.717, 1.165) is 43.2 Å². The van der Waals surface area contributed by atoms with E-state index in [9.17, 15) is 14.4 Å². The summed E-state index contributed by atoms with van der Waals surface area (Å²) in [6.45, 7) is 4.64. The largest absolute Gasteiger partial charge is 0.493 e. The van der Waals surface area contributed by atoms with Gasteiger partial charge in [0.25, 0.3) is 0 Å². The van der Waals surface area contributed by atoms with Gasteiger partial charge < -0.3 is 29.9 Å². The molecular formula is C28H37NO9. The molecule has 6 rings (SSSR count). The highest BCUT2D eigenvalue weighted by molar-refractivity contribution is 5.89. The Labute approximate surface area is 221 Å². The number of aliphatic carboxylic acids is 2. The molecule has 1 spiro atoms. The number of methoxy groups -OCH3 is 1. The van der Waals surface area contributed by atoms with Crippen molar-refractivity contribution in [3.8, 4) is 11.5 Å². The fraction of sp³-hybridized carbons (Fsp3) is 0.679. The van der Waals surface area contributed by atoms with Crippen molar-refractivity contribution >= 4 is 17.7 Å². The minimum atomic E-state index is -2.27. The third-order valence-corrected chi connectivity index (χ3v) is 9.63. The molecule has 1 saturated heterocycles. The Hall–Kier alpha value is -2.69. The van der Waals surface area contributed by atoms with Crippen LogP contribution < -0.4 is 9.47 Å². The van der Waals surface area contributed by atoms with Gasteiger partial charge in [0, 0.05) is 30.0 Å². The number of carbonyl (C=O) groups excluding carboxylic acids is 1. The Morgan fingerprint density at radius 2 is 1.84 bits per heavy atom. The zero-order valence-electron chi connectivity index (χ0n) is 21.8. The van der Waals surface area contributed by atoms with Crippen LogP contribution in [0.1, 0.15) is 56.6 Å². The van der Waals surface area contributed by atoms with E-state index in [0.29, 0.717) is 30.1 Å². The summed E-state index contributed by atoms with van der Waals surface area (Å²) in [7, 11) is 1.71. The summed E-state index contributed by atoms with van der Waals surface area (Å²) in [5.41, 5.74) is 2.63. The second-order valence-corrected chi connectivity index (χ2v) is 11.4. The molecule has 1 aromatic rings. The van der Waals surface area contributed by atoms with Crippen molar-refractivity contribution in [3.05, 3.63) is 23.3 Å². The molecule has 5 aliphatic rings. The van der Waals surface area contributed by atoms with E-state index in [1.165, 1.54) is 36.9 Å². The van der Waals surface area contributed by atoms with Crippen LogP contribution in [-0.2, 0) is 26.2 Å². The quantitative estimate of drug-likeness (QED) is 0.408. The van der Waals surface area contributed by atoms with Crippen molar-refractivity contribution in [1.29, 1.82) is 0 Å². The number of carboxylic acid groups (broad SMARTS) is 2. The van der Waals surface area contributed by atoms with Gasteiger partial charge in [0.2, 0.25) is 0 Å². The van der Waals surface area contributed by atoms with Crippen LogP contribution in [-0.4, -0.2) is 87.6 Å². The first-order valence-corrected chi connectivity index (χ1v) is 13.6. The molecule has 3 aliphatic carbocycles. The van der Waals surface area contributed by atoms with E-state index in [1.807, 2.05) is 0 Å². The van der Waals surface area contributed by atoms with Gasteiger partial charge in [-0.2, -0.15) is 0 Å². The maximum atomic E-state index is 13.2. The van der Waals surface area contributed by atoms with Crippen LogP contribution in [0.3, 0.4) is 0 Å². The van der Waals surface area contributed by atoms with Gasteiger partial charge in [-0.1, -0.05) is 25.8 Å². The summed E-state index contributed by atoms with van der Waals surface area (Å²) >= 11 is 0. The Kier molecular flexibility index (Phi) is 7.17. The van der Waals surface area contributed by atoms with Crippen LogP contribution in [0.25, 0.3) is 0 Å². The van der Waals surface area contributed by atoms with Crippen molar-refractivity contribution in [2.75, 3.05) is 20.2 Å². The maximum absolute atomic E-state index is 13.2. The lowest BCUT2D eigenvalue weighted by atomic mass is 9.48. The number of aliphatic hydroxyl groups is 2. The van der Waals surface area contributed by atoms with Crippen LogP contribution in [0.2, 0.25) is 0 Å². The van der Waals surface area contributed by atoms with Crippen LogP contribution in [0.5, 0.6) is 11.5 Å². The third kappa shape index (κ3) is 4.08. The van der Waals surface area contributed by atoms with E-state index in [1.54, 1.807) is 7.11 Å². The Morgan fingerprint density at radius 1 is 1.16 bits per heavy atom. The number of hydrogen-bond donors (Lipinski definition) is 4. The summed E-state index contributed by atoms with van der Waals surface area (Å²) in [6.07, 6.45) is 3.32. The number of carbonyl (C=O) groups is 3. The van der Waals surface area contributed by atoms with Crippen LogP contribution in [0, 0.1) is 17.8 Å². The van der Waals surface area contributed by atoms with E-state index < -0.39 is 24.1 Å². The van der Waals surface area contributed by atoms with Gasteiger partial charge in [0.05, 0.1) is 7.11 Å². The fourth-order valence-corrected chi connectivity index (χ4v) is 7.71. The molecule has 4 N–H and O–H groups in total. The molecule has 7 atom stereocenters. The van der Waals surface area contributed by atoms with Gasteiger partial charge in [0.1, 0.15) is 0 Å². The van der Waals surface area contributed by atoms with Crippen molar-refractivity contribution in [1.82, 2.24) is 4.90 Å². The van der Waals surface area contributed by atoms with E-state index in [2.05, 4.69) is 24.0 Å². The number of benzene rings is 1. The predicted molar refractivity (Wildman–Crippen MR) is 134 cm³/mol. The molecule has 208 valence electrons. The number of aliphatic hydroxyl groups excluding tert-OH is 2. The molecule has 10 nitrogen and oxygen atoms in total. The van der Waals surface area contributed by atoms with Crippen LogP contribution >= 0.6 is 0 Å². The summed E-state index contributed by atoms with van der Waals surface area (Å²) in [5, 5.41) is 32.5. The first kappa shape index (κ1) is 26.9. The molecule has 0 amide bonds. The molecule has 2 bridgehead atoms. The van der Waals surface area contributed by atoms with Crippen molar-refractivity contribution < 1.29 is 44.3 Å². The van der Waals surface area contributed by atoms with Gasteiger partial charge in [0.15, 0.2) is 35.6 Å². The zero-order valence-corrected chi connectivity index (χ0v) is 21.8. The van der Waals surface area contributed by atoms with Gasteiger partial charge >= 0.3 is 11.9 Å². The number of ether oxygens (including phenoxy) is 2. The minimum Gasteiger partial charge on any atom is -0.493 e. The molecule has 1 aromatic carbocycles. The Morgan fingerprint density at radius 3 is 2.39 bits per heavy atom. The number of carboxylic acids is 2. The molecule has 2 aliphatic heterocycles.